The summed E-state index contributed by atoms with van der Waals surface area (Å²) in [6.45, 7) is 2.25. The molecule has 0 N–H and O–H groups in total. The van der Waals surface area contributed by atoms with Crippen LogP contribution in [0.25, 0.3) is 10.8 Å². The second-order valence-corrected chi connectivity index (χ2v) is 9.63. The Kier molecular flexibility index (Phi) is 7.45. The molecule has 1 saturated carbocycles. The Hall–Kier alpha value is -2.00. The van der Waals surface area contributed by atoms with E-state index in [9.17, 15) is 8.78 Å². The van der Waals surface area contributed by atoms with Crippen LogP contribution in [-0.4, -0.2) is 0 Å². The fourth-order valence-corrected chi connectivity index (χ4v) is 5.22. The number of hydrogen-bond acceptors (Lipinski definition) is 0. The van der Waals surface area contributed by atoms with Gasteiger partial charge in [0.25, 0.3) is 0 Å². The summed E-state index contributed by atoms with van der Waals surface area (Å²) in [5, 5.41) is 1.02. The molecule has 1 aliphatic carbocycles. The predicted octanol–water partition coefficient (Wildman–Crippen LogP) is 9.16. The monoisotopic (exact) mass is 458 g/mol. The van der Waals surface area contributed by atoms with Crippen LogP contribution in [0.2, 0.25) is 5.02 Å². The van der Waals surface area contributed by atoms with Gasteiger partial charge in [0.2, 0.25) is 0 Å². The molecule has 1 fully saturated rings. The maximum Gasteiger partial charge on any atom is 0.145 e. The van der Waals surface area contributed by atoms with Gasteiger partial charge in [-0.25, -0.2) is 13.2 Å². The molecule has 0 heterocycles. The lowest BCUT2D eigenvalue weighted by Gasteiger charge is -2.29. The van der Waals surface area contributed by atoms with Gasteiger partial charge < -0.3 is 0 Å². The van der Waals surface area contributed by atoms with E-state index in [4.69, 9.17) is 11.6 Å². The van der Waals surface area contributed by atoms with Gasteiger partial charge in [0.05, 0.1) is 0 Å². The lowest BCUT2D eigenvalue weighted by Crippen LogP contribution is -2.13. The molecular formula is C28H30ClF3. The summed E-state index contributed by atoms with van der Waals surface area (Å²) in [5.74, 6) is -0.378. The van der Waals surface area contributed by atoms with Gasteiger partial charge >= 0.3 is 0 Å². The van der Waals surface area contributed by atoms with E-state index in [1.165, 1.54) is 62.6 Å². The molecule has 0 spiro atoms. The number of fused-ring (bicyclic) bond motifs is 1. The van der Waals surface area contributed by atoms with Crippen LogP contribution in [0.5, 0.6) is 0 Å². The van der Waals surface area contributed by atoms with Crippen LogP contribution in [0, 0.1) is 23.4 Å². The van der Waals surface area contributed by atoms with Crippen molar-refractivity contribution in [2.24, 2.45) is 5.92 Å². The lowest BCUT2D eigenvalue weighted by atomic mass is 9.77. The largest absolute Gasteiger partial charge is 0.206 e. The number of halogens is 4. The molecule has 32 heavy (non-hydrogen) atoms. The van der Waals surface area contributed by atoms with Crippen molar-refractivity contribution in [2.45, 2.75) is 70.6 Å². The highest BCUT2D eigenvalue weighted by molar-refractivity contribution is 6.30. The van der Waals surface area contributed by atoms with Gasteiger partial charge in [0.1, 0.15) is 22.5 Å². The standard InChI is InChI=1S/C28H30ClF3/c1-2-3-4-18-5-8-20(9-6-18)22-13-14-24-23(17-22)12-11-21(28(24)32)10-7-19-15-25(30)27(29)26(31)16-19/h11-18,20H,2-10H2,1H3. The molecule has 4 heteroatoms. The smallest absolute Gasteiger partial charge is 0.145 e. The van der Waals surface area contributed by atoms with E-state index < -0.39 is 16.7 Å². The van der Waals surface area contributed by atoms with E-state index in [0.717, 1.165) is 11.3 Å². The second-order valence-electron chi connectivity index (χ2n) is 9.25. The zero-order valence-corrected chi connectivity index (χ0v) is 19.3. The zero-order chi connectivity index (χ0) is 22.7. The van der Waals surface area contributed by atoms with Gasteiger partial charge in [-0.3, -0.25) is 0 Å². The van der Waals surface area contributed by atoms with Crippen LogP contribution in [-0.2, 0) is 12.8 Å². The number of aryl methyl sites for hydroxylation is 2. The van der Waals surface area contributed by atoms with Crippen molar-refractivity contribution >= 4 is 22.4 Å². The van der Waals surface area contributed by atoms with Gasteiger partial charge in [0.15, 0.2) is 0 Å². The SMILES string of the molecule is CCCCC1CCC(c2ccc3c(F)c(CCc4cc(F)c(Cl)c(F)c4)ccc3c2)CC1. The number of hydrogen-bond donors (Lipinski definition) is 0. The van der Waals surface area contributed by atoms with E-state index in [2.05, 4.69) is 19.1 Å². The first-order chi connectivity index (χ1) is 15.5. The minimum atomic E-state index is -0.785. The van der Waals surface area contributed by atoms with Crippen LogP contribution in [0.15, 0.2) is 42.5 Å². The Balaban J connectivity index is 1.46. The topological polar surface area (TPSA) is 0 Å². The average molecular weight is 459 g/mol. The fourth-order valence-electron chi connectivity index (χ4n) is 5.11. The Morgan fingerprint density at radius 3 is 2.28 bits per heavy atom. The first-order valence-electron chi connectivity index (χ1n) is 11.8. The highest BCUT2D eigenvalue weighted by Gasteiger charge is 2.22. The first-order valence-corrected chi connectivity index (χ1v) is 12.2. The molecule has 0 aromatic heterocycles. The summed E-state index contributed by atoms with van der Waals surface area (Å²) in [5.41, 5.74) is 2.33. The molecule has 0 unspecified atom stereocenters. The molecule has 0 nitrogen and oxygen atoms in total. The summed E-state index contributed by atoms with van der Waals surface area (Å²) < 4.78 is 42.5. The summed E-state index contributed by atoms with van der Waals surface area (Å²) >= 11 is 5.54. The van der Waals surface area contributed by atoms with Crippen molar-refractivity contribution in [3.63, 3.8) is 0 Å². The van der Waals surface area contributed by atoms with Gasteiger partial charge in [-0.1, -0.05) is 68.1 Å². The van der Waals surface area contributed by atoms with E-state index in [1.807, 2.05) is 12.1 Å². The molecule has 4 rings (SSSR count). The Bertz CT molecular complexity index is 1060. The second kappa shape index (κ2) is 10.3. The van der Waals surface area contributed by atoms with Crippen LogP contribution < -0.4 is 0 Å². The summed E-state index contributed by atoms with van der Waals surface area (Å²) in [4.78, 5) is 0. The van der Waals surface area contributed by atoms with Crippen molar-refractivity contribution in [3.8, 4) is 0 Å². The van der Waals surface area contributed by atoms with Crippen LogP contribution in [0.4, 0.5) is 13.2 Å². The zero-order valence-electron chi connectivity index (χ0n) is 18.6. The summed E-state index contributed by atoms with van der Waals surface area (Å²) in [6, 6.07) is 12.3. The number of benzene rings is 3. The molecule has 0 radical (unpaired) electrons. The molecule has 170 valence electrons. The van der Waals surface area contributed by atoms with Gasteiger partial charge in [-0.05, 0) is 84.6 Å². The molecule has 0 saturated heterocycles. The highest BCUT2D eigenvalue weighted by Crippen LogP contribution is 2.39. The first kappa shape index (κ1) is 23.2. The van der Waals surface area contributed by atoms with E-state index in [-0.39, 0.29) is 5.82 Å². The van der Waals surface area contributed by atoms with Gasteiger partial charge in [0, 0.05) is 5.39 Å². The van der Waals surface area contributed by atoms with Crippen molar-refractivity contribution in [1.82, 2.24) is 0 Å². The number of unbranched alkanes of at least 4 members (excludes halogenated alkanes) is 1. The average Bonchev–Trinajstić information content (AvgIpc) is 2.81. The molecule has 3 aromatic rings. The molecule has 0 aliphatic heterocycles. The predicted molar refractivity (Wildman–Crippen MR) is 127 cm³/mol. The maximum atomic E-state index is 15.2. The normalized spacial score (nSPS) is 18.9. The Morgan fingerprint density at radius 1 is 0.875 bits per heavy atom. The van der Waals surface area contributed by atoms with E-state index in [0.29, 0.717) is 35.3 Å². The highest BCUT2D eigenvalue weighted by atomic mass is 35.5. The third-order valence-corrected chi connectivity index (χ3v) is 7.43. The van der Waals surface area contributed by atoms with Crippen molar-refractivity contribution in [2.75, 3.05) is 0 Å². The molecule has 0 bridgehead atoms. The van der Waals surface area contributed by atoms with Crippen molar-refractivity contribution in [1.29, 1.82) is 0 Å². The quantitative estimate of drug-likeness (QED) is 0.309. The Labute approximate surface area is 193 Å². The van der Waals surface area contributed by atoms with Gasteiger partial charge in [-0.15, -0.1) is 0 Å². The fraction of sp³-hybridized carbons (Fsp3) is 0.429. The molecular weight excluding hydrogens is 429 g/mol. The minimum absolute atomic E-state index is 0.243. The Morgan fingerprint density at radius 2 is 1.59 bits per heavy atom. The maximum absolute atomic E-state index is 15.2. The third-order valence-electron chi connectivity index (χ3n) is 7.07. The van der Waals surface area contributed by atoms with Crippen LogP contribution in [0.1, 0.15) is 74.5 Å². The van der Waals surface area contributed by atoms with Crippen molar-refractivity contribution < 1.29 is 13.2 Å². The molecule has 0 amide bonds. The van der Waals surface area contributed by atoms with E-state index >= 15 is 4.39 Å². The van der Waals surface area contributed by atoms with Crippen LogP contribution >= 0.6 is 11.6 Å². The molecule has 1 aliphatic rings. The molecule has 0 atom stereocenters. The molecule has 3 aromatic carbocycles. The van der Waals surface area contributed by atoms with Crippen molar-refractivity contribution in [3.05, 3.63) is 81.6 Å². The lowest BCUT2D eigenvalue weighted by molar-refractivity contribution is 0.304. The van der Waals surface area contributed by atoms with Gasteiger partial charge in [-0.2, -0.15) is 0 Å². The summed E-state index contributed by atoms with van der Waals surface area (Å²) in [6.07, 6.45) is 9.68. The third kappa shape index (κ3) is 5.14. The minimum Gasteiger partial charge on any atom is -0.206 e. The van der Waals surface area contributed by atoms with E-state index in [1.54, 1.807) is 6.07 Å². The summed E-state index contributed by atoms with van der Waals surface area (Å²) in [7, 11) is 0. The number of rotatable bonds is 7. The van der Waals surface area contributed by atoms with Crippen LogP contribution in [0.3, 0.4) is 0 Å².